The van der Waals surface area contributed by atoms with Crippen LogP contribution in [-0.2, 0) is 24.3 Å². The van der Waals surface area contributed by atoms with Gasteiger partial charge in [0.15, 0.2) is 6.10 Å². The fraction of sp³-hybridized carbons (Fsp3) is 0.444. The first-order valence-electron chi connectivity index (χ1n) is 8.38. The Morgan fingerprint density at radius 3 is 2.44 bits per heavy atom. The van der Waals surface area contributed by atoms with Crippen molar-refractivity contribution < 1.29 is 27.5 Å². The molecule has 0 saturated carbocycles. The van der Waals surface area contributed by atoms with Crippen molar-refractivity contribution in [2.24, 2.45) is 5.92 Å². The normalized spacial score (nSPS) is 12.8. The molecule has 9 heteroatoms. The van der Waals surface area contributed by atoms with Crippen LogP contribution >= 0.6 is 0 Å². The molecule has 1 atom stereocenters. The highest BCUT2D eigenvalue weighted by Crippen LogP contribution is 2.25. The third-order valence-electron chi connectivity index (χ3n) is 3.50. The Bertz CT molecular complexity index is 802. The van der Waals surface area contributed by atoms with Gasteiger partial charge in [-0.3, -0.25) is 4.79 Å². The molecule has 27 heavy (non-hydrogen) atoms. The monoisotopic (exact) mass is 398 g/mol. The lowest BCUT2D eigenvalue weighted by Gasteiger charge is -2.13. The molecule has 0 spiro atoms. The molecular weight excluding hydrogens is 372 g/mol. The second kappa shape index (κ2) is 10.1. The summed E-state index contributed by atoms with van der Waals surface area (Å²) in [4.78, 5) is 23.7. The quantitative estimate of drug-likeness (QED) is 0.479. The Morgan fingerprint density at radius 2 is 1.89 bits per heavy atom. The van der Waals surface area contributed by atoms with Gasteiger partial charge in [-0.15, -0.1) is 0 Å². The van der Waals surface area contributed by atoms with Crippen molar-refractivity contribution in [2.45, 2.75) is 31.8 Å². The number of carbonyl (C=O) groups is 2. The van der Waals surface area contributed by atoms with Crippen LogP contribution in [0.4, 0.5) is 0 Å². The highest BCUT2D eigenvalue weighted by atomic mass is 32.2. The average molecular weight is 398 g/mol. The summed E-state index contributed by atoms with van der Waals surface area (Å²) in [5.41, 5.74) is 0.457. The maximum absolute atomic E-state index is 12.0. The molecule has 0 aliphatic rings. The molecule has 0 unspecified atom stereocenters. The molecule has 0 radical (unpaired) electrons. The van der Waals surface area contributed by atoms with E-state index in [-0.39, 0.29) is 22.5 Å². The Hall–Kier alpha value is -2.39. The fourth-order valence-corrected chi connectivity index (χ4v) is 2.92. The van der Waals surface area contributed by atoms with E-state index in [1.165, 1.54) is 39.3 Å². The number of methoxy groups -OCH3 is 1. The van der Waals surface area contributed by atoms with Crippen LogP contribution in [0.2, 0.25) is 0 Å². The van der Waals surface area contributed by atoms with E-state index in [4.69, 9.17) is 9.47 Å². The van der Waals surface area contributed by atoms with Crippen LogP contribution in [0.15, 0.2) is 29.2 Å². The van der Waals surface area contributed by atoms with Crippen molar-refractivity contribution in [3.63, 3.8) is 0 Å². The number of hydrogen-bond donors (Lipinski definition) is 2. The van der Waals surface area contributed by atoms with Crippen LogP contribution in [0.3, 0.4) is 0 Å². The number of amides is 1. The first-order valence-corrected chi connectivity index (χ1v) is 9.87. The zero-order valence-electron chi connectivity index (χ0n) is 16.1. The highest BCUT2D eigenvalue weighted by Gasteiger charge is 2.18. The molecular formula is C18H26N2O6S. The Labute approximate surface area is 160 Å². The maximum atomic E-state index is 12.0. The lowest BCUT2D eigenvalue weighted by Crippen LogP contribution is -2.37. The minimum absolute atomic E-state index is 0.0514. The van der Waals surface area contributed by atoms with Crippen LogP contribution in [0.5, 0.6) is 5.75 Å². The second-order valence-electron chi connectivity index (χ2n) is 6.17. The van der Waals surface area contributed by atoms with Gasteiger partial charge in [-0.1, -0.05) is 19.9 Å². The van der Waals surface area contributed by atoms with E-state index in [0.29, 0.717) is 12.1 Å². The molecule has 0 heterocycles. The fourth-order valence-electron chi connectivity index (χ4n) is 2.00. The first kappa shape index (κ1) is 22.7. The molecule has 0 aliphatic heterocycles. The zero-order valence-corrected chi connectivity index (χ0v) is 16.9. The van der Waals surface area contributed by atoms with Crippen LogP contribution in [0, 0.1) is 5.92 Å². The van der Waals surface area contributed by atoms with E-state index < -0.39 is 22.1 Å². The summed E-state index contributed by atoms with van der Waals surface area (Å²) in [5.74, 6) is -0.622. The second-order valence-corrected chi connectivity index (χ2v) is 8.02. The predicted molar refractivity (Wildman–Crippen MR) is 102 cm³/mol. The number of carbonyl (C=O) groups excluding carboxylic acids is 2. The minimum Gasteiger partial charge on any atom is -0.495 e. The van der Waals surface area contributed by atoms with Gasteiger partial charge in [0.05, 0.1) is 7.11 Å². The number of nitrogens with one attached hydrogen (secondary N) is 2. The summed E-state index contributed by atoms with van der Waals surface area (Å²) in [5, 5.41) is 2.68. The van der Waals surface area contributed by atoms with Gasteiger partial charge in [0.25, 0.3) is 5.91 Å². The summed E-state index contributed by atoms with van der Waals surface area (Å²) >= 11 is 0. The van der Waals surface area contributed by atoms with Crippen molar-refractivity contribution in [1.29, 1.82) is 0 Å². The standard InChI is InChI=1S/C18H26N2O6S/c1-12(2)11-20-18(22)13(3)26-17(21)9-7-14-6-8-15(25-5)16(10-14)27(23,24)19-4/h6-10,12-13,19H,11H2,1-5H3,(H,20,22)/b9-7+/t13-/m1/s1. The number of benzene rings is 1. The lowest BCUT2D eigenvalue weighted by atomic mass is 10.2. The van der Waals surface area contributed by atoms with Crippen molar-refractivity contribution >= 4 is 28.0 Å². The number of sulfonamides is 1. The van der Waals surface area contributed by atoms with E-state index in [0.717, 1.165) is 6.08 Å². The van der Waals surface area contributed by atoms with E-state index in [9.17, 15) is 18.0 Å². The third kappa shape index (κ3) is 7.03. The predicted octanol–water partition coefficient (Wildman–Crippen LogP) is 1.32. The molecule has 0 bridgehead atoms. The van der Waals surface area contributed by atoms with Crippen LogP contribution in [0.25, 0.3) is 6.08 Å². The maximum Gasteiger partial charge on any atom is 0.331 e. The van der Waals surface area contributed by atoms with E-state index in [1.807, 2.05) is 13.8 Å². The van der Waals surface area contributed by atoms with E-state index in [2.05, 4.69) is 10.0 Å². The molecule has 0 fully saturated rings. The number of rotatable bonds is 9. The minimum atomic E-state index is -3.72. The molecule has 8 nitrogen and oxygen atoms in total. The van der Waals surface area contributed by atoms with Crippen molar-refractivity contribution in [3.8, 4) is 5.75 Å². The molecule has 2 N–H and O–H groups in total. The van der Waals surface area contributed by atoms with Gasteiger partial charge < -0.3 is 14.8 Å². The molecule has 1 amide bonds. The van der Waals surface area contributed by atoms with Gasteiger partial charge in [0, 0.05) is 12.6 Å². The Balaban J connectivity index is 2.83. The first-order chi connectivity index (χ1) is 12.6. The van der Waals surface area contributed by atoms with Crippen LogP contribution in [0.1, 0.15) is 26.3 Å². The summed E-state index contributed by atoms with van der Waals surface area (Å²) in [7, 11) is -1.07. The summed E-state index contributed by atoms with van der Waals surface area (Å²) in [6.45, 7) is 5.88. The van der Waals surface area contributed by atoms with Gasteiger partial charge in [0.2, 0.25) is 10.0 Å². The van der Waals surface area contributed by atoms with E-state index in [1.54, 1.807) is 6.07 Å². The molecule has 0 aromatic heterocycles. The lowest BCUT2D eigenvalue weighted by molar-refractivity contribution is -0.150. The van der Waals surface area contributed by atoms with Gasteiger partial charge in [-0.25, -0.2) is 17.9 Å². The van der Waals surface area contributed by atoms with E-state index >= 15 is 0 Å². The van der Waals surface area contributed by atoms with Crippen molar-refractivity contribution in [3.05, 3.63) is 29.8 Å². The number of hydrogen-bond acceptors (Lipinski definition) is 6. The van der Waals surface area contributed by atoms with Crippen molar-refractivity contribution in [1.82, 2.24) is 10.0 Å². The van der Waals surface area contributed by atoms with Gasteiger partial charge >= 0.3 is 5.97 Å². The molecule has 1 aromatic carbocycles. The molecule has 0 saturated heterocycles. The van der Waals surface area contributed by atoms with Crippen LogP contribution in [-0.4, -0.2) is 47.1 Å². The van der Waals surface area contributed by atoms with Crippen molar-refractivity contribution in [2.75, 3.05) is 20.7 Å². The summed E-state index contributed by atoms with van der Waals surface area (Å²) in [6.07, 6.45) is 1.59. The highest BCUT2D eigenvalue weighted by molar-refractivity contribution is 7.89. The molecule has 1 rings (SSSR count). The van der Waals surface area contributed by atoms with Gasteiger partial charge in [-0.2, -0.15) is 0 Å². The smallest absolute Gasteiger partial charge is 0.331 e. The topological polar surface area (TPSA) is 111 Å². The molecule has 1 aromatic rings. The molecule has 150 valence electrons. The number of esters is 1. The molecule has 0 aliphatic carbocycles. The summed E-state index contributed by atoms with van der Waals surface area (Å²) < 4.78 is 36.4. The Morgan fingerprint density at radius 1 is 1.22 bits per heavy atom. The summed E-state index contributed by atoms with van der Waals surface area (Å²) in [6, 6.07) is 4.44. The number of ether oxygens (including phenoxy) is 2. The van der Waals surface area contributed by atoms with Gasteiger partial charge in [0.1, 0.15) is 10.6 Å². The zero-order chi connectivity index (χ0) is 20.6. The average Bonchev–Trinajstić information content (AvgIpc) is 2.63. The SMILES string of the molecule is CNS(=O)(=O)c1cc(/C=C/C(=O)O[C@H](C)C(=O)NCC(C)C)ccc1OC. The van der Waals surface area contributed by atoms with Gasteiger partial charge in [-0.05, 0) is 43.7 Å². The van der Waals surface area contributed by atoms with Crippen LogP contribution < -0.4 is 14.8 Å². The third-order valence-corrected chi connectivity index (χ3v) is 4.94. The Kier molecular flexibility index (Phi) is 8.45. The largest absolute Gasteiger partial charge is 0.495 e.